The second-order valence-electron chi connectivity index (χ2n) is 6.87. The number of nitrogens with two attached hydrogens (primary N) is 1. The molecule has 2 fully saturated rings. The zero-order valence-corrected chi connectivity index (χ0v) is 17.2. The Bertz CT molecular complexity index is 804. The summed E-state index contributed by atoms with van der Waals surface area (Å²) in [6, 6.07) is 13.5. The molecule has 2 N–H and O–H groups in total. The lowest BCUT2D eigenvalue weighted by Gasteiger charge is -2.36. The molecule has 0 aromatic heterocycles. The fourth-order valence-electron chi connectivity index (χ4n) is 3.53. The Labute approximate surface area is 175 Å². The Balaban J connectivity index is 0.00000210. The summed E-state index contributed by atoms with van der Waals surface area (Å²) in [6.07, 6.45) is 0.844. The second kappa shape index (κ2) is 8.41. The van der Waals surface area contributed by atoms with Crippen molar-refractivity contribution in [1.29, 1.82) is 0 Å². The molecule has 2 aliphatic rings. The van der Waals surface area contributed by atoms with E-state index in [2.05, 4.69) is 14.8 Å². The molecule has 2 unspecified atom stereocenters. The average Bonchev–Trinajstić information content (AvgIpc) is 3.41. The third-order valence-electron chi connectivity index (χ3n) is 5.15. The fraction of sp³-hybridized carbons (Fsp3) is 0.350. The lowest BCUT2D eigenvalue weighted by atomic mass is 10.1. The van der Waals surface area contributed by atoms with Gasteiger partial charge in [-0.05, 0) is 42.3 Å². The normalized spacial score (nSPS) is 22.4. The van der Waals surface area contributed by atoms with Crippen LogP contribution in [0.1, 0.15) is 17.9 Å². The molecule has 1 aliphatic heterocycles. The van der Waals surface area contributed by atoms with Crippen molar-refractivity contribution < 1.29 is 8.78 Å². The van der Waals surface area contributed by atoms with Gasteiger partial charge in [-0.25, -0.2) is 13.8 Å². The maximum atomic E-state index is 13.9. The molecule has 2 atom stereocenters. The standard InChI is InChI=1S/C20H22F2N4.HI/c21-14-5-7-15(8-6-14)25-9-11-26(12-10-25)20(23)24-19-13-17(19)16-3-1-2-4-18(16)22;/h1-8,17,19H,9-13H2,(H2,23,24);1H. The summed E-state index contributed by atoms with van der Waals surface area (Å²) in [5.74, 6) is 0.280. The number of nitrogens with zero attached hydrogens (tertiary/aromatic N) is 3. The van der Waals surface area contributed by atoms with Crippen LogP contribution in [0.15, 0.2) is 53.5 Å². The fourth-order valence-corrected chi connectivity index (χ4v) is 3.53. The molecule has 4 nitrogen and oxygen atoms in total. The molecule has 0 amide bonds. The highest BCUT2D eigenvalue weighted by Crippen LogP contribution is 2.44. The molecule has 0 spiro atoms. The van der Waals surface area contributed by atoms with E-state index in [-0.39, 0.29) is 47.6 Å². The number of anilines is 1. The first-order chi connectivity index (χ1) is 12.6. The number of aliphatic imine (C=N–C) groups is 1. The van der Waals surface area contributed by atoms with Crippen molar-refractivity contribution in [3.63, 3.8) is 0 Å². The zero-order valence-electron chi connectivity index (χ0n) is 14.9. The van der Waals surface area contributed by atoms with E-state index in [1.54, 1.807) is 18.2 Å². The molecule has 144 valence electrons. The Morgan fingerprint density at radius 2 is 1.63 bits per heavy atom. The van der Waals surface area contributed by atoms with Gasteiger partial charge in [0.05, 0.1) is 6.04 Å². The van der Waals surface area contributed by atoms with E-state index in [0.717, 1.165) is 43.9 Å². The van der Waals surface area contributed by atoms with E-state index >= 15 is 0 Å². The van der Waals surface area contributed by atoms with Crippen LogP contribution in [0.25, 0.3) is 0 Å². The van der Waals surface area contributed by atoms with E-state index in [0.29, 0.717) is 5.96 Å². The van der Waals surface area contributed by atoms with Crippen LogP contribution in [-0.4, -0.2) is 43.1 Å². The van der Waals surface area contributed by atoms with Crippen molar-refractivity contribution in [1.82, 2.24) is 4.90 Å². The number of benzene rings is 2. The number of piperazine rings is 1. The highest BCUT2D eigenvalue weighted by atomic mass is 127. The third kappa shape index (κ3) is 4.51. The first-order valence-electron chi connectivity index (χ1n) is 8.95. The van der Waals surface area contributed by atoms with E-state index in [1.807, 2.05) is 12.1 Å². The zero-order chi connectivity index (χ0) is 18.1. The molecule has 0 radical (unpaired) electrons. The number of hydrogen-bond acceptors (Lipinski definition) is 2. The second-order valence-corrected chi connectivity index (χ2v) is 6.87. The summed E-state index contributed by atoms with van der Waals surface area (Å²) in [5.41, 5.74) is 7.93. The first kappa shape index (κ1) is 19.9. The SMILES string of the molecule is I.NC(=NC1CC1c1ccccc1F)N1CCN(c2ccc(F)cc2)CC1. The number of rotatable bonds is 3. The van der Waals surface area contributed by atoms with Crippen molar-refractivity contribution in [3.8, 4) is 0 Å². The molecule has 2 aromatic rings. The molecule has 2 aromatic carbocycles. The smallest absolute Gasteiger partial charge is 0.191 e. The van der Waals surface area contributed by atoms with Gasteiger partial charge in [-0.3, -0.25) is 0 Å². The van der Waals surface area contributed by atoms with Gasteiger partial charge in [0, 0.05) is 37.8 Å². The molecular weight excluding hydrogens is 461 g/mol. The minimum atomic E-state index is -0.224. The minimum Gasteiger partial charge on any atom is -0.370 e. The molecular formula is C20H23F2IN4. The van der Waals surface area contributed by atoms with Gasteiger partial charge < -0.3 is 15.5 Å². The van der Waals surface area contributed by atoms with E-state index in [9.17, 15) is 8.78 Å². The van der Waals surface area contributed by atoms with Gasteiger partial charge in [0.25, 0.3) is 0 Å². The Morgan fingerprint density at radius 3 is 2.30 bits per heavy atom. The quantitative estimate of drug-likeness (QED) is 0.412. The van der Waals surface area contributed by atoms with Gasteiger partial charge in [0.1, 0.15) is 11.6 Å². The Kier molecular flexibility index (Phi) is 6.18. The van der Waals surface area contributed by atoms with Crippen molar-refractivity contribution in [3.05, 3.63) is 65.7 Å². The van der Waals surface area contributed by atoms with Crippen LogP contribution in [-0.2, 0) is 0 Å². The topological polar surface area (TPSA) is 44.9 Å². The molecule has 1 aliphatic carbocycles. The highest BCUT2D eigenvalue weighted by molar-refractivity contribution is 14.0. The monoisotopic (exact) mass is 484 g/mol. The lowest BCUT2D eigenvalue weighted by molar-refractivity contribution is 0.380. The predicted octanol–water partition coefficient (Wildman–Crippen LogP) is 3.58. The van der Waals surface area contributed by atoms with Crippen molar-refractivity contribution in [2.24, 2.45) is 10.7 Å². The van der Waals surface area contributed by atoms with Crippen LogP contribution in [0.4, 0.5) is 14.5 Å². The van der Waals surface area contributed by atoms with Crippen LogP contribution in [0.2, 0.25) is 0 Å². The van der Waals surface area contributed by atoms with Gasteiger partial charge in [-0.1, -0.05) is 18.2 Å². The van der Waals surface area contributed by atoms with Crippen LogP contribution in [0, 0.1) is 11.6 Å². The number of halogens is 3. The minimum absolute atomic E-state index is 0. The average molecular weight is 484 g/mol. The summed E-state index contributed by atoms with van der Waals surface area (Å²) in [5, 5.41) is 0. The van der Waals surface area contributed by atoms with Crippen LogP contribution in [0.5, 0.6) is 0 Å². The molecule has 1 heterocycles. The first-order valence-corrected chi connectivity index (χ1v) is 8.95. The summed E-state index contributed by atoms with van der Waals surface area (Å²) in [6.45, 7) is 3.15. The van der Waals surface area contributed by atoms with Crippen LogP contribution >= 0.6 is 24.0 Å². The lowest BCUT2D eigenvalue weighted by Crippen LogP contribution is -2.51. The third-order valence-corrected chi connectivity index (χ3v) is 5.15. The Morgan fingerprint density at radius 1 is 0.963 bits per heavy atom. The van der Waals surface area contributed by atoms with Gasteiger partial charge in [0.15, 0.2) is 5.96 Å². The van der Waals surface area contributed by atoms with Crippen LogP contribution in [0.3, 0.4) is 0 Å². The number of hydrogen-bond donors (Lipinski definition) is 1. The molecule has 7 heteroatoms. The van der Waals surface area contributed by atoms with Gasteiger partial charge >= 0.3 is 0 Å². The number of guanidine groups is 1. The largest absolute Gasteiger partial charge is 0.370 e. The maximum absolute atomic E-state index is 13.9. The highest BCUT2D eigenvalue weighted by Gasteiger charge is 2.40. The summed E-state index contributed by atoms with van der Waals surface area (Å²) < 4.78 is 26.9. The van der Waals surface area contributed by atoms with Crippen molar-refractivity contribution >= 4 is 35.6 Å². The van der Waals surface area contributed by atoms with Gasteiger partial charge in [0.2, 0.25) is 0 Å². The molecule has 1 saturated heterocycles. The molecule has 27 heavy (non-hydrogen) atoms. The van der Waals surface area contributed by atoms with Crippen molar-refractivity contribution in [2.45, 2.75) is 18.4 Å². The van der Waals surface area contributed by atoms with Crippen LogP contribution < -0.4 is 10.6 Å². The van der Waals surface area contributed by atoms with E-state index in [1.165, 1.54) is 18.2 Å². The summed E-state index contributed by atoms with van der Waals surface area (Å²) >= 11 is 0. The van der Waals surface area contributed by atoms with Crippen molar-refractivity contribution in [2.75, 3.05) is 31.1 Å². The molecule has 4 rings (SSSR count). The van der Waals surface area contributed by atoms with Gasteiger partial charge in [-0.15, -0.1) is 24.0 Å². The molecule has 0 bridgehead atoms. The van der Waals surface area contributed by atoms with E-state index < -0.39 is 0 Å². The van der Waals surface area contributed by atoms with Gasteiger partial charge in [-0.2, -0.15) is 0 Å². The maximum Gasteiger partial charge on any atom is 0.191 e. The predicted molar refractivity (Wildman–Crippen MR) is 115 cm³/mol. The summed E-state index contributed by atoms with van der Waals surface area (Å²) in [7, 11) is 0. The Hall–Kier alpha value is -1.90. The molecule has 1 saturated carbocycles. The van der Waals surface area contributed by atoms with E-state index in [4.69, 9.17) is 5.73 Å². The summed E-state index contributed by atoms with van der Waals surface area (Å²) in [4.78, 5) is 8.88.